The largest absolute Gasteiger partial charge is 0.507 e. The van der Waals surface area contributed by atoms with Crippen LogP contribution in [0.15, 0.2) is 36.4 Å². The summed E-state index contributed by atoms with van der Waals surface area (Å²) in [6, 6.07) is 10.5. The van der Waals surface area contributed by atoms with Gasteiger partial charge in [-0.3, -0.25) is 4.79 Å². The van der Waals surface area contributed by atoms with Crippen molar-refractivity contribution >= 4 is 22.6 Å². The first kappa shape index (κ1) is 18.8. The number of carbonyl (C=O) groups excluding carboxylic acids is 2. The standard InChI is InChI=1S/C20H25NO4/c1-12(2)21(13(3)4)19(23)14(5)25-20(24)17-10-15-8-6-7-9-16(15)11-18(17)22/h6-14,22H,1-5H3. The van der Waals surface area contributed by atoms with Crippen molar-refractivity contribution in [1.29, 1.82) is 0 Å². The summed E-state index contributed by atoms with van der Waals surface area (Å²) in [6.45, 7) is 9.22. The average Bonchev–Trinajstić information content (AvgIpc) is 2.53. The number of phenols is 1. The SMILES string of the molecule is CC(OC(=O)c1cc2ccccc2cc1O)C(=O)N(C(C)C)C(C)C. The lowest BCUT2D eigenvalue weighted by Gasteiger charge is -2.32. The molecule has 0 heterocycles. The van der Waals surface area contributed by atoms with Crippen molar-refractivity contribution in [3.05, 3.63) is 42.0 Å². The maximum Gasteiger partial charge on any atom is 0.342 e. The zero-order valence-electron chi connectivity index (χ0n) is 15.3. The van der Waals surface area contributed by atoms with Gasteiger partial charge >= 0.3 is 5.97 Å². The molecule has 1 N–H and O–H groups in total. The molecular formula is C20H25NO4. The first-order valence-electron chi connectivity index (χ1n) is 8.47. The van der Waals surface area contributed by atoms with E-state index in [1.807, 2.05) is 52.0 Å². The highest BCUT2D eigenvalue weighted by Crippen LogP contribution is 2.26. The first-order chi connectivity index (χ1) is 11.7. The molecule has 0 spiro atoms. The fourth-order valence-electron chi connectivity index (χ4n) is 2.98. The fraction of sp³-hybridized carbons (Fsp3) is 0.400. The van der Waals surface area contributed by atoms with Crippen LogP contribution >= 0.6 is 0 Å². The zero-order valence-corrected chi connectivity index (χ0v) is 15.3. The number of amides is 1. The van der Waals surface area contributed by atoms with Crippen LogP contribution in [0.3, 0.4) is 0 Å². The fourth-order valence-corrected chi connectivity index (χ4v) is 2.98. The number of hydrogen-bond donors (Lipinski definition) is 1. The van der Waals surface area contributed by atoms with Crippen LogP contribution in [0, 0.1) is 0 Å². The van der Waals surface area contributed by atoms with Crippen molar-refractivity contribution in [2.45, 2.75) is 52.8 Å². The Bertz CT molecular complexity index is 774. The van der Waals surface area contributed by atoms with Crippen LogP contribution in [0.4, 0.5) is 0 Å². The van der Waals surface area contributed by atoms with Gasteiger partial charge in [0, 0.05) is 12.1 Å². The van der Waals surface area contributed by atoms with Crippen LogP contribution in [-0.2, 0) is 9.53 Å². The summed E-state index contributed by atoms with van der Waals surface area (Å²) in [5.74, 6) is -1.12. The molecule has 2 aromatic rings. The number of benzene rings is 2. The van der Waals surface area contributed by atoms with Gasteiger partial charge in [-0.15, -0.1) is 0 Å². The van der Waals surface area contributed by atoms with Crippen LogP contribution in [0.1, 0.15) is 45.0 Å². The average molecular weight is 343 g/mol. The number of esters is 1. The van der Waals surface area contributed by atoms with E-state index in [1.54, 1.807) is 17.9 Å². The molecule has 0 saturated carbocycles. The smallest absolute Gasteiger partial charge is 0.342 e. The highest BCUT2D eigenvalue weighted by atomic mass is 16.5. The molecular weight excluding hydrogens is 318 g/mol. The summed E-state index contributed by atoms with van der Waals surface area (Å²) >= 11 is 0. The van der Waals surface area contributed by atoms with Gasteiger partial charge in [0.1, 0.15) is 11.3 Å². The summed E-state index contributed by atoms with van der Waals surface area (Å²) in [6.07, 6.45) is -0.928. The van der Waals surface area contributed by atoms with Crippen molar-refractivity contribution in [2.75, 3.05) is 0 Å². The number of nitrogens with zero attached hydrogens (tertiary/aromatic N) is 1. The van der Waals surface area contributed by atoms with Gasteiger partial charge in [0.05, 0.1) is 0 Å². The van der Waals surface area contributed by atoms with Gasteiger partial charge in [-0.05, 0) is 57.5 Å². The van der Waals surface area contributed by atoms with E-state index >= 15 is 0 Å². The van der Waals surface area contributed by atoms with Crippen molar-refractivity contribution in [1.82, 2.24) is 4.90 Å². The second-order valence-corrected chi connectivity index (χ2v) is 6.70. The summed E-state index contributed by atoms with van der Waals surface area (Å²) < 4.78 is 5.32. The van der Waals surface area contributed by atoms with E-state index in [9.17, 15) is 14.7 Å². The molecule has 2 aromatic carbocycles. The highest BCUT2D eigenvalue weighted by molar-refractivity contribution is 5.99. The van der Waals surface area contributed by atoms with Crippen LogP contribution in [-0.4, -0.2) is 40.1 Å². The minimum absolute atomic E-state index is 0.00252. The van der Waals surface area contributed by atoms with Gasteiger partial charge in [-0.1, -0.05) is 24.3 Å². The molecule has 0 aliphatic heterocycles. The number of carbonyl (C=O) groups is 2. The number of fused-ring (bicyclic) bond motifs is 1. The molecule has 0 fully saturated rings. The molecule has 0 aliphatic carbocycles. The summed E-state index contributed by atoms with van der Waals surface area (Å²) in [7, 11) is 0. The predicted molar refractivity (Wildman–Crippen MR) is 97.6 cm³/mol. The third kappa shape index (κ3) is 4.10. The van der Waals surface area contributed by atoms with Gasteiger partial charge in [0.25, 0.3) is 5.91 Å². The number of hydrogen-bond acceptors (Lipinski definition) is 4. The lowest BCUT2D eigenvalue weighted by Crippen LogP contribution is -2.47. The second kappa shape index (κ2) is 7.55. The molecule has 0 aromatic heterocycles. The Morgan fingerprint density at radius 3 is 2.00 bits per heavy atom. The molecule has 5 nitrogen and oxygen atoms in total. The van der Waals surface area contributed by atoms with Crippen LogP contribution in [0.5, 0.6) is 5.75 Å². The minimum Gasteiger partial charge on any atom is -0.507 e. The van der Waals surface area contributed by atoms with E-state index in [4.69, 9.17) is 4.74 Å². The topological polar surface area (TPSA) is 66.8 Å². The Hall–Kier alpha value is -2.56. The number of rotatable bonds is 5. The normalized spacial score (nSPS) is 12.4. The van der Waals surface area contributed by atoms with Crippen molar-refractivity contribution in [3.8, 4) is 5.75 Å². The summed E-state index contributed by atoms with van der Waals surface area (Å²) in [4.78, 5) is 26.7. The van der Waals surface area contributed by atoms with Crippen molar-refractivity contribution < 1.29 is 19.4 Å². The Labute approximate surface area is 148 Å². The summed E-state index contributed by atoms with van der Waals surface area (Å²) in [5, 5.41) is 11.8. The Kier molecular flexibility index (Phi) is 5.67. The Morgan fingerprint density at radius 1 is 0.960 bits per heavy atom. The first-order valence-corrected chi connectivity index (χ1v) is 8.47. The van der Waals surface area contributed by atoms with Gasteiger partial charge in [-0.25, -0.2) is 4.79 Å². The van der Waals surface area contributed by atoms with Gasteiger partial charge in [0.15, 0.2) is 6.10 Å². The van der Waals surface area contributed by atoms with Crippen LogP contribution in [0.25, 0.3) is 10.8 Å². The third-order valence-corrected chi connectivity index (χ3v) is 4.08. The third-order valence-electron chi connectivity index (χ3n) is 4.08. The summed E-state index contributed by atoms with van der Waals surface area (Å²) in [5.41, 5.74) is 0.0546. The van der Waals surface area contributed by atoms with E-state index in [1.165, 1.54) is 6.07 Å². The Morgan fingerprint density at radius 2 is 1.48 bits per heavy atom. The zero-order chi connectivity index (χ0) is 18.7. The molecule has 0 saturated heterocycles. The number of phenolic OH excluding ortho intramolecular Hbond substituents is 1. The second-order valence-electron chi connectivity index (χ2n) is 6.70. The van der Waals surface area contributed by atoms with Crippen molar-refractivity contribution in [2.24, 2.45) is 0 Å². The maximum absolute atomic E-state index is 12.6. The highest BCUT2D eigenvalue weighted by Gasteiger charge is 2.28. The van der Waals surface area contributed by atoms with E-state index in [-0.39, 0.29) is 29.3 Å². The molecule has 134 valence electrons. The minimum atomic E-state index is -0.928. The van der Waals surface area contributed by atoms with Crippen molar-refractivity contribution in [3.63, 3.8) is 0 Å². The van der Waals surface area contributed by atoms with Gasteiger partial charge in [-0.2, -0.15) is 0 Å². The molecule has 1 amide bonds. The molecule has 2 rings (SSSR count). The molecule has 25 heavy (non-hydrogen) atoms. The van der Waals surface area contributed by atoms with Crippen LogP contribution < -0.4 is 0 Å². The molecule has 0 radical (unpaired) electrons. The van der Waals surface area contributed by atoms with E-state index < -0.39 is 12.1 Å². The van der Waals surface area contributed by atoms with Crippen LogP contribution in [0.2, 0.25) is 0 Å². The molecule has 5 heteroatoms. The van der Waals surface area contributed by atoms with E-state index in [0.717, 1.165) is 10.8 Å². The Balaban J connectivity index is 2.21. The lowest BCUT2D eigenvalue weighted by molar-refractivity contribution is -0.143. The molecule has 0 aliphatic rings. The molecule has 0 bridgehead atoms. The monoisotopic (exact) mass is 343 g/mol. The maximum atomic E-state index is 12.6. The lowest BCUT2D eigenvalue weighted by atomic mass is 10.1. The molecule has 1 atom stereocenters. The number of aromatic hydroxyl groups is 1. The van der Waals surface area contributed by atoms with E-state index in [2.05, 4.69) is 0 Å². The quantitative estimate of drug-likeness (QED) is 0.840. The van der Waals surface area contributed by atoms with Gasteiger partial charge in [0.2, 0.25) is 0 Å². The predicted octanol–water partition coefficient (Wildman–Crippen LogP) is 3.74. The van der Waals surface area contributed by atoms with Gasteiger partial charge < -0.3 is 14.7 Å². The van der Waals surface area contributed by atoms with E-state index in [0.29, 0.717) is 0 Å². The number of ether oxygens (including phenoxy) is 1. The molecule has 1 unspecified atom stereocenters.